The number of benzene rings is 1. The highest BCUT2D eigenvalue weighted by molar-refractivity contribution is 5.68. The van der Waals surface area contributed by atoms with Gasteiger partial charge >= 0.3 is 6.09 Å². The standard InChI is InChI=1S/C15H21NO3/c1-15(2,3)19-14(17)16-13-12(18-13)10-9-11-7-5-4-6-8-11/h4-8,12-13H,9-10H2,1-3H3,(H,16,17). The second-order valence-corrected chi connectivity index (χ2v) is 5.77. The van der Waals surface area contributed by atoms with Crippen molar-refractivity contribution < 1.29 is 14.3 Å². The van der Waals surface area contributed by atoms with Gasteiger partial charge in [-0.05, 0) is 39.2 Å². The lowest BCUT2D eigenvalue weighted by atomic mass is 10.1. The molecule has 1 N–H and O–H groups in total. The first-order valence-electron chi connectivity index (χ1n) is 6.63. The largest absolute Gasteiger partial charge is 0.444 e. The van der Waals surface area contributed by atoms with Crippen LogP contribution in [-0.2, 0) is 15.9 Å². The molecule has 1 aliphatic heterocycles. The van der Waals surface area contributed by atoms with E-state index in [0.29, 0.717) is 0 Å². The van der Waals surface area contributed by atoms with Crippen LogP contribution in [0.25, 0.3) is 0 Å². The minimum absolute atomic E-state index is 0.104. The van der Waals surface area contributed by atoms with Crippen LogP contribution < -0.4 is 5.32 Å². The van der Waals surface area contributed by atoms with Crippen molar-refractivity contribution in [3.05, 3.63) is 35.9 Å². The first-order chi connectivity index (χ1) is 8.94. The van der Waals surface area contributed by atoms with Crippen molar-refractivity contribution in [2.24, 2.45) is 0 Å². The van der Waals surface area contributed by atoms with E-state index in [2.05, 4.69) is 17.4 Å². The Kier molecular flexibility index (Phi) is 4.10. The average Bonchev–Trinajstić information content (AvgIpc) is 3.03. The van der Waals surface area contributed by atoms with Gasteiger partial charge in [-0.1, -0.05) is 30.3 Å². The number of amides is 1. The number of hydrogen-bond donors (Lipinski definition) is 1. The number of epoxide rings is 1. The van der Waals surface area contributed by atoms with Crippen molar-refractivity contribution in [2.75, 3.05) is 0 Å². The molecular formula is C15H21NO3. The van der Waals surface area contributed by atoms with Crippen LogP contribution in [0.15, 0.2) is 30.3 Å². The number of carbonyl (C=O) groups is 1. The molecule has 0 radical (unpaired) electrons. The maximum atomic E-state index is 11.5. The summed E-state index contributed by atoms with van der Waals surface area (Å²) < 4.78 is 10.6. The van der Waals surface area contributed by atoms with Crippen molar-refractivity contribution in [3.8, 4) is 0 Å². The molecule has 2 atom stereocenters. The van der Waals surface area contributed by atoms with Crippen LogP contribution >= 0.6 is 0 Å². The zero-order chi connectivity index (χ0) is 13.9. The quantitative estimate of drug-likeness (QED) is 0.850. The number of alkyl carbamates (subject to hydrolysis) is 1. The molecule has 4 heteroatoms. The Balaban J connectivity index is 1.66. The first-order valence-corrected chi connectivity index (χ1v) is 6.63. The monoisotopic (exact) mass is 263 g/mol. The Morgan fingerprint density at radius 2 is 2.00 bits per heavy atom. The van der Waals surface area contributed by atoms with Gasteiger partial charge in [0.25, 0.3) is 0 Å². The van der Waals surface area contributed by atoms with E-state index in [4.69, 9.17) is 9.47 Å². The van der Waals surface area contributed by atoms with E-state index in [0.717, 1.165) is 12.8 Å². The Bertz CT molecular complexity index is 425. The van der Waals surface area contributed by atoms with Crippen molar-refractivity contribution in [1.29, 1.82) is 0 Å². The van der Waals surface area contributed by atoms with Crippen molar-refractivity contribution >= 4 is 6.09 Å². The Labute approximate surface area is 114 Å². The molecule has 1 aromatic carbocycles. The Morgan fingerprint density at radius 3 is 2.63 bits per heavy atom. The van der Waals surface area contributed by atoms with Gasteiger partial charge in [-0.2, -0.15) is 0 Å². The van der Waals surface area contributed by atoms with E-state index < -0.39 is 11.7 Å². The maximum absolute atomic E-state index is 11.5. The SMILES string of the molecule is CC(C)(C)OC(=O)NC1OC1CCc1ccccc1. The molecular weight excluding hydrogens is 242 g/mol. The van der Waals surface area contributed by atoms with E-state index >= 15 is 0 Å². The Morgan fingerprint density at radius 1 is 1.32 bits per heavy atom. The molecule has 104 valence electrons. The molecule has 1 fully saturated rings. The van der Waals surface area contributed by atoms with Gasteiger partial charge in [0.15, 0.2) is 6.23 Å². The van der Waals surface area contributed by atoms with Crippen molar-refractivity contribution in [1.82, 2.24) is 5.32 Å². The lowest BCUT2D eigenvalue weighted by Gasteiger charge is -2.19. The molecule has 1 aliphatic rings. The molecule has 2 unspecified atom stereocenters. The fourth-order valence-corrected chi connectivity index (χ4v) is 1.87. The van der Waals surface area contributed by atoms with E-state index in [-0.39, 0.29) is 12.3 Å². The van der Waals surface area contributed by atoms with Crippen LogP contribution in [0.4, 0.5) is 4.79 Å². The highest BCUT2D eigenvalue weighted by Gasteiger charge is 2.40. The van der Waals surface area contributed by atoms with Gasteiger partial charge < -0.3 is 9.47 Å². The van der Waals surface area contributed by atoms with Gasteiger partial charge in [0.2, 0.25) is 0 Å². The zero-order valence-electron chi connectivity index (χ0n) is 11.7. The minimum atomic E-state index is -0.474. The summed E-state index contributed by atoms with van der Waals surface area (Å²) in [7, 11) is 0. The number of rotatable bonds is 4. The smallest absolute Gasteiger partial charge is 0.409 e. The second-order valence-electron chi connectivity index (χ2n) is 5.77. The number of nitrogens with one attached hydrogen (secondary N) is 1. The maximum Gasteiger partial charge on any atom is 0.409 e. The van der Waals surface area contributed by atoms with Crippen LogP contribution in [-0.4, -0.2) is 24.0 Å². The summed E-state index contributed by atoms with van der Waals surface area (Å²) in [5.74, 6) is 0. The normalized spacial score (nSPS) is 21.8. The number of aryl methyl sites for hydroxylation is 1. The van der Waals surface area contributed by atoms with E-state index in [9.17, 15) is 4.79 Å². The highest BCUT2D eigenvalue weighted by atomic mass is 16.6. The summed E-state index contributed by atoms with van der Waals surface area (Å²) >= 11 is 0. The van der Waals surface area contributed by atoms with Crippen LogP contribution in [0.3, 0.4) is 0 Å². The van der Waals surface area contributed by atoms with E-state index in [1.165, 1.54) is 5.56 Å². The predicted octanol–water partition coefficient (Wildman–Crippen LogP) is 2.87. The predicted molar refractivity (Wildman–Crippen MR) is 72.8 cm³/mol. The van der Waals surface area contributed by atoms with Gasteiger partial charge in [0, 0.05) is 0 Å². The highest BCUT2D eigenvalue weighted by Crippen LogP contribution is 2.25. The van der Waals surface area contributed by atoms with Crippen molar-refractivity contribution in [2.45, 2.75) is 51.5 Å². The summed E-state index contributed by atoms with van der Waals surface area (Å²) in [6, 6.07) is 10.3. The van der Waals surface area contributed by atoms with Gasteiger partial charge in [0.05, 0.1) is 0 Å². The molecule has 1 saturated heterocycles. The molecule has 1 amide bonds. The second kappa shape index (κ2) is 5.61. The van der Waals surface area contributed by atoms with Crippen LogP contribution in [0, 0.1) is 0 Å². The molecule has 1 heterocycles. The zero-order valence-corrected chi connectivity index (χ0v) is 11.7. The number of ether oxygens (including phenoxy) is 2. The molecule has 0 spiro atoms. The topological polar surface area (TPSA) is 50.9 Å². The molecule has 19 heavy (non-hydrogen) atoms. The molecule has 1 aromatic rings. The lowest BCUT2D eigenvalue weighted by molar-refractivity contribution is 0.0503. The van der Waals surface area contributed by atoms with Gasteiger partial charge in [-0.25, -0.2) is 4.79 Å². The minimum Gasteiger partial charge on any atom is -0.444 e. The van der Waals surface area contributed by atoms with E-state index in [1.54, 1.807) is 0 Å². The average molecular weight is 263 g/mol. The van der Waals surface area contributed by atoms with Crippen LogP contribution in [0.2, 0.25) is 0 Å². The molecule has 2 rings (SSSR count). The summed E-state index contributed by atoms with van der Waals surface area (Å²) in [6.45, 7) is 5.52. The fourth-order valence-electron chi connectivity index (χ4n) is 1.87. The summed E-state index contributed by atoms with van der Waals surface area (Å²) in [5.41, 5.74) is 0.812. The van der Waals surface area contributed by atoms with Crippen LogP contribution in [0.1, 0.15) is 32.8 Å². The lowest BCUT2D eigenvalue weighted by Crippen LogP contribution is -2.34. The summed E-state index contributed by atoms with van der Waals surface area (Å²) in [5, 5.41) is 2.71. The molecule has 0 saturated carbocycles. The van der Waals surface area contributed by atoms with Gasteiger partial charge in [0.1, 0.15) is 11.7 Å². The molecule has 4 nitrogen and oxygen atoms in total. The molecule has 0 aromatic heterocycles. The van der Waals surface area contributed by atoms with Crippen molar-refractivity contribution in [3.63, 3.8) is 0 Å². The third kappa shape index (κ3) is 4.91. The molecule has 0 aliphatic carbocycles. The van der Waals surface area contributed by atoms with Crippen LogP contribution in [0.5, 0.6) is 0 Å². The summed E-state index contributed by atoms with van der Waals surface area (Å²) in [4.78, 5) is 11.5. The summed E-state index contributed by atoms with van der Waals surface area (Å²) in [6.07, 6.45) is 1.36. The first kappa shape index (κ1) is 13.9. The number of carbonyl (C=O) groups excluding carboxylic acids is 1. The third-order valence-corrected chi connectivity index (χ3v) is 2.80. The third-order valence-electron chi connectivity index (χ3n) is 2.80. The van der Waals surface area contributed by atoms with Gasteiger partial charge in [-0.15, -0.1) is 0 Å². The molecule has 0 bridgehead atoms. The van der Waals surface area contributed by atoms with E-state index in [1.807, 2.05) is 39.0 Å². The van der Waals surface area contributed by atoms with Gasteiger partial charge in [-0.3, -0.25) is 5.32 Å². The Hall–Kier alpha value is -1.55. The number of hydrogen-bond acceptors (Lipinski definition) is 3. The fraction of sp³-hybridized carbons (Fsp3) is 0.533.